The second-order valence-electron chi connectivity index (χ2n) is 8.24. The van der Waals surface area contributed by atoms with Gasteiger partial charge in [-0.3, -0.25) is 0 Å². The van der Waals surface area contributed by atoms with Gasteiger partial charge in [-0.25, -0.2) is 0 Å². The first kappa shape index (κ1) is 26.4. The zero-order valence-electron chi connectivity index (χ0n) is 19.6. The molecule has 1 N–H and O–H groups in total. The summed E-state index contributed by atoms with van der Waals surface area (Å²) in [4.78, 5) is 0. The van der Waals surface area contributed by atoms with Gasteiger partial charge >= 0.3 is 35.6 Å². The van der Waals surface area contributed by atoms with Crippen LogP contribution in [0.25, 0.3) is 22.4 Å². The first-order chi connectivity index (χ1) is 17.7. The molecule has 1 nitrogen and oxygen atoms in total. The third kappa shape index (κ3) is 6.56. The van der Waals surface area contributed by atoms with Crippen LogP contribution in [0.1, 0.15) is 33.7 Å². The van der Waals surface area contributed by atoms with Crippen molar-refractivity contribution in [2.75, 3.05) is 0 Å². The molecule has 0 spiro atoms. The number of hydrogen-bond acceptors (Lipinski definition) is 1. The van der Waals surface area contributed by atoms with Crippen molar-refractivity contribution in [2.45, 2.75) is 12.5 Å². The minimum absolute atomic E-state index is 0.140. The van der Waals surface area contributed by atoms with Crippen molar-refractivity contribution >= 4 is 41.0 Å². The molecule has 0 saturated heterocycles. The van der Waals surface area contributed by atoms with Crippen molar-refractivity contribution < 1.29 is 22.1 Å². The Kier molecular flexibility index (Phi) is 9.98. The molecule has 0 heterocycles. The summed E-state index contributed by atoms with van der Waals surface area (Å²) in [6.07, 6.45) is 2.33. The first-order valence-electron chi connectivity index (χ1n) is 11.6. The predicted molar refractivity (Wildman–Crippen MR) is 149 cm³/mol. The van der Waals surface area contributed by atoms with Crippen LogP contribution >= 0.6 is 18.6 Å². The molecule has 5 aromatic carbocycles. The monoisotopic (exact) mass is 543 g/mol. The zero-order chi connectivity index (χ0) is 25.2. The summed E-state index contributed by atoms with van der Waals surface area (Å²) in [5.74, 6) is 0.239. The van der Waals surface area contributed by atoms with Crippen molar-refractivity contribution in [1.29, 1.82) is 0 Å². The normalized spacial score (nSPS) is 13.4. The standard InChI is InChI=1S/C25H17.C7H8O.2ClH.Ti/c1-2-9-19(10-3-1)24-17-21-12-6-7-13-23(21)25(24)22-15-14-18-8-4-5-11-20(18)16-22;8-6-7-4-2-1-3-5-7;;;/h1-15,17,25H;1-5,8H,6H2;2*1H;/q-1;;;;+2/p-2. The van der Waals surface area contributed by atoms with Gasteiger partial charge in [-0.2, -0.15) is 0 Å². The van der Waals surface area contributed by atoms with Gasteiger partial charge in [0.1, 0.15) is 0 Å². The molecule has 0 aromatic heterocycles. The SMILES string of the molecule is OCc1ccccc1.[Cl][Ti][Cl].[c-]1c(C2C(c3ccccc3)=Cc3ccccc32)ccc2ccccc12. The van der Waals surface area contributed by atoms with Gasteiger partial charge in [-0.15, -0.1) is 46.7 Å². The Balaban J connectivity index is 0.000000233. The third-order valence-corrected chi connectivity index (χ3v) is 6.05. The quantitative estimate of drug-likeness (QED) is 0.178. The van der Waals surface area contributed by atoms with Crippen LogP contribution in [0, 0.1) is 6.07 Å². The molecule has 4 heteroatoms. The molecule has 0 fully saturated rings. The topological polar surface area (TPSA) is 20.2 Å². The summed E-state index contributed by atoms with van der Waals surface area (Å²) in [7, 11) is 9.78. The molecule has 0 saturated carbocycles. The molecule has 0 radical (unpaired) electrons. The van der Waals surface area contributed by atoms with E-state index >= 15 is 0 Å². The van der Waals surface area contributed by atoms with Gasteiger partial charge in [0.25, 0.3) is 0 Å². The number of allylic oxidation sites excluding steroid dienone is 1. The average molecular weight is 544 g/mol. The number of halogens is 2. The molecule has 1 atom stereocenters. The summed E-state index contributed by atoms with van der Waals surface area (Å²) >= 11 is -0.556. The molecule has 0 amide bonds. The van der Waals surface area contributed by atoms with E-state index in [1.165, 1.54) is 38.6 Å². The Morgan fingerprint density at radius 2 is 1.31 bits per heavy atom. The molecule has 36 heavy (non-hydrogen) atoms. The van der Waals surface area contributed by atoms with Crippen LogP contribution in [0.3, 0.4) is 0 Å². The number of hydrogen-bond donors (Lipinski definition) is 1. The van der Waals surface area contributed by atoms with Crippen molar-refractivity contribution in [3.05, 3.63) is 155 Å². The maximum absolute atomic E-state index is 8.54. The molecular formula is C32H25Cl2OTi-. The summed E-state index contributed by atoms with van der Waals surface area (Å²) in [6, 6.07) is 45.5. The zero-order valence-corrected chi connectivity index (χ0v) is 22.7. The minimum Gasteiger partial charge on any atom is -0.143 e. The number of fused-ring (bicyclic) bond motifs is 2. The fourth-order valence-corrected chi connectivity index (χ4v) is 4.42. The van der Waals surface area contributed by atoms with E-state index in [9.17, 15) is 0 Å². The van der Waals surface area contributed by atoms with Crippen molar-refractivity contribution in [2.24, 2.45) is 0 Å². The molecule has 0 bridgehead atoms. The smallest absolute Gasteiger partial charge is 0.0182 e. The van der Waals surface area contributed by atoms with Crippen LogP contribution < -0.4 is 0 Å². The largest absolute Gasteiger partial charge is 0.143 e. The summed E-state index contributed by atoms with van der Waals surface area (Å²) in [6.45, 7) is 0.140. The molecule has 1 aliphatic carbocycles. The van der Waals surface area contributed by atoms with Crippen LogP contribution in [-0.4, -0.2) is 5.11 Å². The van der Waals surface area contributed by atoms with Gasteiger partial charge < -0.3 is 5.11 Å². The molecule has 1 unspecified atom stereocenters. The molecular weight excluding hydrogens is 519 g/mol. The van der Waals surface area contributed by atoms with Crippen LogP contribution in [0.2, 0.25) is 0 Å². The summed E-state index contributed by atoms with van der Waals surface area (Å²) < 4.78 is 0. The van der Waals surface area contributed by atoms with Crippen LogP contribution in [0.4, 0.5) is 0 Å². The summed E-state index contributed by atoms with van der Waals surface area (Å²) in [5, 5.41) is 11.0. The Bertz CT molecular complexity index is 1420. The second kappa shape index (κ2) is 13.6. The van der Waals surface area contributed by atoms with E-state index in [1.54, 1.807) is 0 Å². The fourth-order valence-electron chi connectivity index (χ4n) is 4.42. The van der Waals surface area contributed by atoms with Gasteiger partial charge in [-0.05, 0) is 33.9 Å². The molecule has 0 aliphatic heterocycles. The van der Waals surface area contributed by atoms with Gasteiger partial charge in [0, 0.05) is 5.92 Å². The first-order valence-corrected chi connectivity index (χ1v) is 15.9. The number of benzene rings is 5. The van der Waals surface area contributed by atoms with Gasteiger partial charge in [0.2, 0.25) is 0 Å². The van der Waals surface area contributed by atoms with Crippen molar-refractivity contribution in [1.82, 2.24) is 0 Å². The fraction of sp³-hybridized carbons (Fsp3) is 0.0625. The Hall–Kier alpha value is -2.65. The Labute approximate surface area is 229 Å². The molecule has 6 rings (SSSR count). The Morgan fingerprint density at radius 1 is 0.694 bits per heavy atom. The van der Waals surface area contributed by atoms with E-state index < -0.39 is 17.0 Å². The molecule has 1 aliphatic rings. The van der Waals surface area contributed by atoms with E-state index in [4.69, 9.17) is 23.7 Å². The van der Waals surface area contributed by atoms with Crippen LogP contribution in [0.5, 0.6) is 0 Å². The van der Waals surface area contributed by atoms with Gasteiger partial charge in [0.15, 0.2) is 0 Å². The summed E-state index contributed by atoms with van der Waals surface area (Å²) in [5.41, 5.74) is 7.52. The van der Waals surface area contributed by atoms with E-state index in [0.29, 0.717) is 0 Å². The van der Waals surface area contributed by atoms with E-state index in [0.717, 1.165) is 5.56 Å². The molecule has 5 aromatic rings. The van der Waals surface area contributed by atoms with E-state index in [1.807, 2.05) is 30.3 Å². The predicted octanol–water partition coefficient (Wildman–Crippen LogP) is 8.88. The third-order valence-electron chi connectivity index (χ3n) is 6.05. The van der Waals surface area contributed by atoms with Crippen molar-refractivity contribution in [3.8, 4) is 0 Å². The Morgan fingerprint density at radius 3 is 2.00 bits per heavy atom. The van der Waals surface area contributed by atoms with Gasteiger partial charge in [0.05, 0.1) is 6.61 Å². The number of rotatable bonds is 3. The minimum atomic E-state index is -0.556. The van der Waals surface area contributed by atoms with E-state index in [2.05, 4.69) is 103 Å². The number of aliphatic hydroxyl groups is 1. The average Bonchev–Trinajstić information content (AvgIpc) is 3.34. The van der Waals surface area contributed by atoms with E-state index in [-0.39, 0.29) is 12.5 Å². The number of aliphatic hydroxyl groups excluding tert-OH is 1. The van der Waals surface area contributed by atoms with Gasteiger partial charge in [-0.1, -0.05) is 97.1 Å². The second-order valence-corrected chi connectivity index (χ2v) is 10.8. The maximum atomic E-state index is 8.54. The van der Waals surface area contributed by atoms with Crippen LogP contribution in [-0.2, 0) is 23.6 Å². The maximum Gasteiger partial charge on any atom is 0.0182 e. The van der Waals surface area contributed by atoms with Crippen molar-refractivity contribution in [3.63, 3.8) is 0 Å². The molecule has 178 valence electrons. The van der Waals surface area contributed by atoms with Crippen LogP contribution in [0.15, 0.2) is 121 Å².